The number of hydrogen-bond donors (Lipinski definition) is 1. The van der Waals surface area contributed by atoms with Gasteiger partial charge < -0.3 is 18.6 Å². The highest BCUT2D eigenvalue weighted by Crippen LogP contribution is 2.39. The molecule has 2 aromatic rings. The third kappa shape index (κ3) is 2.88. The third-order valence-electron chi connectivity index (χ3n) is 5.56. The number of amides is 2. The minimum Gasteiger partial charge on any atom is -0.474 e. The monoisotopic (exact) mass is 403 g/mol. The maximum atomic E-state index is 14.0. The van der Waals surface area contributed by atoms with Gasteiger partial charge in [-0.05, 0) is 53.3 Å². The topological polar surface area (TPSA) is 85.6 Å². The van der Waals surface area contributed by atoms with Crippen LogP contribution in [0.1, 0.15) is 35.6 Å². The standard InChI is InChI=1S/C19H20FN4O3S/c1-10-9-24-18(27-10)16(8-21-24)28(26)23-19(25)22-17-14-4-2-3-11(14)5-12-6-13(20)7-15(12)17/h5,8,10,13H,2-4,6-7,9H2,1H3,(H,22,25)/q-1/t10-,13-/m1/s1. The molecule has 28 heavy (non-hydrogen) atoms. The van der Waals surface area contributed by atoms with E-state index in [0.717, 1.165) is 36.0 Å². The van der Waals surface area contributed by atoms with Gasteiger partial charge >= 0.3 is 6.03 Å². The highest BCUT2D eigenvalue weighted by Gasteiger charge is 2.29. The van der Waals surface area contributed by atoms with Crippen LogP contribution in [0.2, 0.25) is 0 Å². The number of aryl methyl sites for hydroxylation is 1. The van der Waals surface area contributed by atoms with Crippen LogP contribution in [0.3, 0.4) is 0 Å². The first-order chi connectivity index (χ1) is 13.5. The van der Waals surface area contributed by atoms with E-state index in [-0.39, 0.29) is 11.0 Å². The molecule has 1 aromatic carbocycles. The van der Waals surface area contributed by atoms with E-state index in [2.05, 4.69) is 20.8 Å². The fraction of sp³-hybridized carbons (Fsp3) is 0.474. The highest BCUT2D eigenvalue weighted by molar-refractivity contribution is 7.75. The van der Waals surface area contributed by atoms with Crippen LogP contribution in [-0.4, -0.2) is 28.1 Å². The first-order valence-corrected chi connectivity index (χ1v) is 10.6. The van der Waals surface area contributed by atoms with Crippen LogP contribution in [0.15, 0.2) is 21.5 Å². The molecule has 7 nitrogen and oxygen atoms in total. The Hall–Kier alpha value is -2.42. The molecule has 0 saturated heterocycles. The van der Waals surface area contributed by atoms with E-state index in [1.54, 1.807) is 4.68 Å². The van der Waals surface area contributed by atoms with Crippen LogP contribution in [0, 0.1) is 0 Å². The Kier molecular flexibility index (Phi) is 4.15. The summed E-state index contributed by atoms with van der Waals surface area (Å²) in [5.41, 5.74) is 4.71. The van der Waals surface area contributed by atoms with Crippen LogP contribution in [-0.2, 0) is 47.0 Å². The van der Waals surface area contributed by atoms with Crippen molar-refractivity contribution in [1.29, 1.82) is 0 Å². The summed E-state index contributed by atoms with van der Waals surface area (Å²) in [5, 5.41) is 6.93. The van der Waals surface area contributed by atoms with Gasteiger partial charge in [0.25, 0.3) is 0 Å². The third-order valence-corrected chi connectivity index (χ3v) is 6.54. The summed E-state index contributed by atoms with van der Waals surface area (Å²) in [4.78, 5) is 12.8. The molecule has 0 bridgehead atoms. The predicted molar refractivity (Wildman–Crippen MR) is 101 cm³/mol. The van der Waals surface area contributed by atoms with E-state index in [9.17, 15) is 13.4 Å². The van der Waals surface area contributed by atoms with Gasteiger partial charge in [-0.1, -0.05) is 6.07 Å². The number of fused-ring (bicyclic) bond motifs is 3. The molecule has 0 saturated carbocycles. The Morgan fingerprint density at radius 3 is 3.07 bits per heavy atom. The zero-order chi connectivity index (χ0) is 19.4. The van der Waals surface area contributed by atoms with Crippen molar-refractivity contribution in [2.24, 2.45) is 4.36 Å². The maximum Gasteiger partial charge on any atom is 0.322 e. The lowest BCUT2D eigenvalue weighted by molar-refractivity contribution is 0.248. The minimum absolute atomic E-state index is 0.0589. The van der Waals surface area contributed by atoms with E-state index in [1.807, 2.05) is 6.92 Å². The molecule has 0 spiro atoms. The lowest BCUT2D eigenvalue weighted by Gasteiger charge is -2.15. The molecular formula is C19H20FN4O3S-. The average molecular weight is 403 g/mol. The predicted octanol–water partition coefficient (Wildman–Crippen LogP) is 3.33. The van der Waals surface area contributed by atoms with E-state index < -0.39 is 22.8 Å². The second-order valence-corrected chi connectivity index (χ2v) is 8.70. The molecular weight excluding hydrogens is 383 g/mol. The van der Waals surface area contributed by atoms with Crippen LogP contribution in [0.5, 0.6) is 5.88 Å². The summed E-state index contributed by atoms with van der Waals surface area (Å²) >= 11 is 0. The fourth-order valence-corrected chi connectivity index (χ4v) is 5.14. The van der Waals surface area contributed by atoms with Crippen molar-refractivity contribution in [1.82, 2.24) is 9.78 Å². The molecule has 1 aromatic heterocycles. The van der Waals surface area contributed by atoms with Gasteiger partial charge in [0.1, 0.15) is 12.3 Å². The fourth-order valence-electron chi connectivity index (χ4n) is 4.40. The molecule has 2 aliphatic carbocycles. The molecule has 5 rings (SSSR count). The number of aromatic nitrogens is 2. The normalized spacial score (nSPS) is 23.2. The smallest absolute Gasteiger partial charge is 0.322 e. The number of carbonyl (C=O) groups is 1. The second kappa shape index (κ2) is 6.58. The number of rotatable bonds is 2. The van der Waals surface area contributed by atoms with E-state index in [0.29, 0.717) is 31.0 Å². The minimum atomic E-state index is -1.93. The zero-order valence-corrected chi connectivity index (χ0v) is 16.2. The largest absolute Gasteiger partial charge is 0.474 e. The van der Waals surface area contributed by atoms with Gasteiger partial charge in [-0.2, -0.15) is 5.10 Å². The van der Waals surface area contributed by atoms with Gasteiger partial charge in [-0.15, -0.1) is 10.6 Å². The summed E-state index contributed by atoms with van der Waals surface area (Å²) < 4.78 is 37.6. The van der Waals surface area contributed by atoms with Gasteiger partial charge in [0, 0.05) is 24.7 Å². The van der Waals surface area contributed by atoms with Crippen molar-refractivity contribution in [3.05, 3.63) is 34.5 Å². The van der Waals surface area contributed by atoms with Crippen LogP contribution in [0.25, 0.3) is 0 Å². The van der Waals surface area contributed by atoms with Crippen molar-refractivity contribution < 1.29 is 18.1 Å². The number of ether oxygens (including phenoxy) is 1. The number of urea groups is 1. The Morgan fingerprint density at radius 1 is 1.36 bits per heavy atom. The second-order valence-electron chi connectivity index (χ2n) is 7.58. The molecule has 0 radical (unpaired) electrons. The van der Waals surface area contributed by atoms with Gasteiger partial charge in [0.15, 0.2) is 5.88 Å². The van der Waals surface area contributed by atoms with Gasteiger partial charge in [0.2, 0.25) is 0 Å². The van der Waals surface area contributed by atoms with Crippen molar-refractivity contribution in [2.75, 3.05) is 5.32 Å². The molecule has 2 atom stereocenters. The van der Waals surface area contributed by atoms with Gasteiger partial charge in [-0.3, -0.25) is 0 Å². The highest BCUT2D eigenvalue weighted by atomic mass is 32.2. The number of anilines is 1. The van der Waals surface area contributed by atoms with Crippen molar-refractivity contribution in [3.63, 3.8) is 0 Å². The maximum absolute atomic E-state index is 14.0. The Bertz CT molecular complexity index is 1070. The van der Waals surface area contributed by atoms with Gasteiger partial charge in [0.05, 0.1) is 6.54 Å². The number of nitrogens with one attached hydrogen (secondary N) is 1. The van der Waals surface area contributed by atoms with E-state index in [1.165, 1.54) is 11.8 Å². The zero-order valence-electron chi connectivity index (χ0n) is 15.4. The lowest BCUT2D eigenvalue weighted by Crippen LogP contribution is -2.12. The quantitative estimate of drug-likeness (QED) is 0.780. The molecule has 3 aliphatic rings. The average Bonchev–Trinajstić information content (AvgIpc) is 3.37. The molecule has 0 fully saturated rings. The summed E-state index contributed by atoms with van der Waals surface area (Å²) in [6.45, 7) is 2.46. The first kappa shape index (κ1) is 17.7. The molecule has 9 heteroatoms. The van der Waals surface area contributed by atoms with Crippen LogP contribution in [0.4, 0.5) is 14.9 Å². The number of hydrogen-bond acceptors (Lipinski definition) is 5. The van der Waals surface area contributed by atoms with Crippen molar-refractivity contribution in [2.45, 2.75) is 62.7 Å². The Morgan fingerprint density at radius 2 is 2.21 bits per heavy atom. The number of benzene rings is 1. The lowest BCUT2D eigenvalue weighted by atomic mass is 9.99. The molecule has 2 amide bonds. The summed E-state index contributed by atoms with van der Waals surface area (Å²) in [7, 11) is -1.93. The number of alkyl halides is 1. The van der Waals surface area contributed by atoms with Crippen molar-refractivity contribution >= 4 is 22.3 Å². The van der Waals surface area contributed by atoms with Crippen molar-refractivity contribution in [3.8, 4) is 5.88 Å². The molecule has 2 heterocycles. The van der Waals surface area contributed by atoms with E-state index >= 15 is 0 Å². The number of nitrogens with zero attached hydrogens (tertiary/aromatic N) is 3. The number of halogens is 1. The summed E-state index contributed by atoms with van der Waals surface area (Å²) in [5.74, 6) is 0.393. The molecule has 0 unspecified atom stereocenters. The van der Waals surface area contributed by atoms with Crippen LogP contribution >= 0.6 is 0 Å². The Balaban J connectivity index is 1.44. The molecule has 148 valence electrons. The van der Waals surface area contributed by atoms with Crippen LogP contribution < -0.4 is 10.1 Å². The van der Waals surface area contributed by atoms with E-state index in [4.69, 9.17) is 4.74 Å². The number of carbonyl (C=O) groups excluding carboxylic acids is 1. The Labute approximate surface area is 163 Å². The summed E-state index contributed by atoms with van der Waals surface area (Å²) in [6, 6.07) is 1.38. The molecule has 1 N–H and O–H groups in total. The van der Waals surface area contributed by atoms with Gasteiger partial charge in [-0.25, -0.2) is 13.9 Å². The SMILES string of the molecule is C[C@@H]1Cn2ncc([S-](=O)=NC(=O)Nc3c4c(cc5c3C[C@H](F)C5)CCC4)c2O1. The molecule has 1 aliphatic heterocycles. The summed E-state index contributed by atoms with van der Waals surface area (Å²) in [6.07, 6.45) is 3.91. The first-order valence-electron chi connectivity index (χ1n) is 9.47.